The van der Waals surface area contributed by atoms with Crippen molar-refractivity contribution in [3.63, 3.8) is 0 Å². The first-order valence-electron chi connectivity index (χ1n) is 7.32. The zero-order valence-electron chi connectivity index (χ0n) is 12.8. The Morgan fingerprint density at radius 2 is 1.85 bits per heavy atom. The lowest BCUT2D eigenvalue weighted by atomic mass is 9.87. The zero-order chi connectivity index (χ0) is 15.0. The average Bonchev–Trinajstić information content (AvgIpc) is 2.38. The number of aliphatic imine (C=N–C) groups is 1. The molecule has 6 nitrogen and oxygen atoms in total. The van der Waals surface area contributed by atoms with Gasteiger partial charge in [-0.1, -0.05) is 6.92 Å². The Morgan fingerprint density at radius 1 is 1.20 bits per heavy atom. The van der Waals surface area contributed by atoms with Crippen LogP contribution < -0.4 is 15.4 Å². The Labute approximate surface area is 122 Å². The molecule has 1 saturated carbocycles. The maximum absolute atomic E-state index is 10.9. The van der Waals surface area contributed by atoms with Crippen LogP contribution in [0, 0.1) is 5.92 Å². The summed E-state index contributed by atoms with van der Waals surface area (Å²) in [7, 11) is -1.32. The molecule has 3 N–H and O–H groups in total. The summed E-state index contributed by atoms with van der Waals surface area (Å²) in [5.41, 5.74) is 0. The molecule has 0 atom stereocenters. The number of sulfonamides is 1. The van der Waals surface area contributed by atoms with Crippen LogP contribution in [0.5, 0.6) is 0 Å². The Morgan fingerprint density at radius 3 is 2.40 bits per heavy atom. The second-order valence-electron chi connectivity index (χ2n) is 5.62. The molecule has 1 fully saturated rings. The topological polar surface area (TPSA) is 82.6 Å². The van der Waals surface area contributed by atoms with Crippen LogP contribution in [0.25, 0.3) is 0 Å². The predicted octanol–water partition coefficient (Wildman–Crippen LogP) is 0.669. The molecule has 0 saturated heterocycles. The van der Waals surface area contributed by atoms with Crippen LogP contribution in [-0.2, 0) is 10.0 Å². The maximum atomic E-state index is 10.9. The van der Waals surface area contributed by atoms with Crippen LogP contribution in [0.1, 0.15) is 39.0 Å². The van der Waals surface area contributed by atoms with Gasteiger partial charge in [0.15, 0.2) is 5.96 Å². The molecule has 0 aromatic carbocycles. The molecule has 20 heavy (non-hydrogen) atoms. The van der Waals surface area contributed by atoms with Crippen LogP contribution in [-0.4, -0.2) is 46.8 Å². The number of nitrogens with zero attached hydrogens (tertiary/aromatic N) is 1. The molecule has 0 aromatic rings. The molecule has 0 unspecified atom stereocenters. The quantitative estimate of drug-likeness (QED) is 0.383. The van der Waals surface area contributed by atoms with Gasteiger partial charge in [0.05, 0.1) is 6.26 Å². The number of hydrogen-bond donors (Lipinski definition) is 3. The fourth-order valence-electron chi connectivity index (χ4n) is 2.35. The van der Waals surface area contributed by atoms with Crippen molar-refractivity contribution in [3.05, 3.63) is 0 Å². The van der Waals surface area contributed by atoms with E-state index in [-0.39, 0.29) is 0 Å². The van der Waals surface area contributed by atoms with Crippen molar-refractivity contribution >= 4 is 16.0 Å². The van der Waals surface area contributed by atoms with E-state index in [1.165, 1.54) is 31.9 Å². The average molecular weight is 304 g/mol. The Balaban J connectivity index is 2.17. The molecule has 0 aromatic heterocycles. The zero-order valence-corrected chi connectivity index (χ0v) is 13.6. The van der Waals surface area contributed by atoms with Crippen LogP contribution in [0.15, 0.2) is 4.99 Å². The van der Waals surface area contributed by atoms with Crippen LogP contribution >= 0.6 is 0 Å². The molecule has 1 aliphatic carbocycles. The SMILES string of the molecule is CN=C(NCCCNS(C)(=O)=O)NC1CCC(C)CC1. The van der Waals surface area contributed by atoms with E-state index in [4.69, 9.17) is 0 Å². The van der Waals surface area contributed by atoms with Crippen molar-refractivity contribution < 1.29 is 8.42 Å². The molecule has 0 bridgehead atoms. The summed E-state index contributed by atoms with van der Waals surface area (Å²) in [4.78, 5) is 4.20. The highest BCUT2D eigenvalue weighted by Gasteiger charge is 2.18. The van der Waals surface area contributed by atoms with Gasteiger partial charge in [0.2, 0.25) is 10.0 Å². The third-order valence-corrected chi connectivity index (χ3v) is 4.32. The van der Waals surface area contributed by atoms with Crippen LogP contribution in [0.4, 0.5) is 0 Å². The minimum Gasteiger partial charge on any atom is -0.356 e. The smallest absolute Gasteiger partial charge is 0.208 e. The van der Waals surface area contributed by atoms with Crippen LogP contribution in [0.2, 0.25) is 0 Å². The third-order valence-electron chi connectivity index (χ3n) is 3.59. The van der Waals surface area contributed by atoms with E-state index in [1.54, 1.807) is 7.05 Å². The standard InChI is InChI=1S/C13H28N4O2S/c1-11-5-7-12(8-6-11)17-13(14-2)15-9-4-10-16-20(3,18)19/h11-12,16H,4-10H2,1-3H3,(H2,14,15,17). The highest BCUT2D eigenvalue weighted by atomic mass is 32.2. The molecular weight excluding hydrogens is 276 g/mol. The fraction of sp³-hybridized carbons (Fsp3) is 0.923. The lowest BCUT2D eigenvalue weighted by Gasteiger charge is -2.28. The minimum atomic E-state index is -3.08. The van der Waals surface area contributed by atoms with E-state index in [0.29, 0.717) is 19.1 Å². The molecule has 0 heterocycles. The number of nitrogens with one attached hydrogen (secondary N) is 3. The van der Waals surface area contributed by atoms with Gasteiger partial charge in [0, 0.05) is 26.2 Å². The minimum absolute atomic E-state index is 0.448. The van der Waals surface area contributed by atoms with Crippen molar-refractivity contribution in [3.8, 4) is 0 Å². The largest absolute Gasteiger partial charge is 0.356 e. The van der Waals surface area contributed by atoms with Crippen molar-refractivity contribution in [1.82, 2.24) is 15.4 Å². The predicted molar refractivity (Wildman–Crippen MR) is 83.4 cm³/mol. The Hall–Kier alpha value is -0.820. The summed E-state index contributed by atoms with van der Waals surface area (Å²) in [6.07, 6.45) is 6.83. The van der Waals surface area contributed by atoms with Crippen molar-refractivity contribution in [1.29, 1.82) is 0 Å². The first-order chi connectivity index (χ1) is 9.40. The van der Waals surface area contributed by atoms with Gasteiger partial charge in [0.1, 0.15) is 0 Å². The number of hydrogen-bond acceptors (Lipinski definition) is 3. The van der Waals surface area contributed by atoms with Gasteiger partial charge in [-0.3, -0.25) is 4.99 Å². The van der Waals surface area contributed by atoms with Gasteiger partial charge in [-0.15, -0.1) is 0 Å². The van der Waals surface area contributed by atoms with E-state index >= 15 is 0 Å². The van der Waals surface area contributed by atoms with E-state index in [0.717, 1.165) is 18.3 Å². The number of rotatable bonds is 6. The van der Waals surface area contributed by atoms with Gasteiger partial charge in [-0.25, -0.2) is 13.1 Å². The number of guanidine groups is 1. The van der Waals surface area contributed by atoms with Crippen LogP contribution in [0.3, 0.4) is 0 Å². The summed E-state index contributed by atoms with van der Waals surface area (Å²) in [5, 5.41) is 6.65. The molecular formula is C13H28N4O2S. The Bertz CT molecular complexity index is 401. The van der Waals surface area contributed by atoms with Gasteiger partial charge in [-0.2, -0.15) is 0 Å². The highest BCUT2D eigenvalue weighted by Crippen LogP contribution is 2.23. The second kappa shape index (κ2) is 8.46. The van der Waals surface area contributed by atoms with E-state index in [9.17, 15) is 8.42 Å². The lowest BCUT2D eigenvalue weighted by molar-refractivity contribution is 0.329. The van der Waals surface area contributed by atoms with Crippen molar-refractivity contribution in [2.75, 3.05) is 26.4 Å². The summed E-state index contributed by atoms with van der Waals surface area (Å²) < 4.78 is 24.3. The molecule has 0 radical (unpaired) electrons. The Kier molecular flexibility index (Phi) is 7.29. The monoisotopic (exact) mass is 304 g/mol. The molecule has 1 rings (SSSR count). The first kappa shape index (κ1) is 17.2. The van der Waals surface area contributed by atoms with E-state index < -0.39 is 10.0 Å². The van der Waals surface area contributed by atoms with Gasteiger partial charge in [0.25, 0.3) is 0 Å². The molecule has 0 amide bonds. The van der Waals surface area contributed by atoms with Gasteiger partial charge < -0.3 is 10.6 Å². The molecule has 7 heteroatoms. The molecule has 1 aliphatic rings. The third kappa shape index (κ3) is 7.69. The van der Waals surface area contributed by atoms with Gasteiger partial charge in [-0.05, 0) is 38.0 Å². The van der Waals surface area contributed by atoms with Gasteiger partial charge >= 0.3 is 0 Å². The normalized spacial score (nSPS) is 24.4. The lowest BCUT2D eigenvalue weighted by Crippen LogP contribution is -2.45. The summed E-state index contributed by atoms with van der Waals surface area (Å²) in [6, 6.07) is 0.506. The summed E-state index contributed by atoms with van der Waals surface area (Å²) in [5.74, 6) is 1.65. The molecule has 118 valence electrons. The first-order valence-corrected chi connectivity index (χ1v) is 9.21. The molecule has 0 spiro atoms. The second-order valence-corrected chi connectivity index (χ2v) is 7.45. The van der Waals surface area contributed by atoms with Crippen molar-refractivity contribution in [2.24, 2.45) is 10.9 Å². The van der Waals surface area contributed by atoms with E-state index in [2.05, 4.69) is 27.3 Å². The fourth-order valence-corrected chi connectivity index (χ4v) is 2.86. The highest BCUT2D eigenvalue weighted by molar-refractivity contribution is 7.88. The molecule has 0 aliphatic heterocycles. The summed E-state index contributed by atoms with van der Waals surface area (Å²) >= 11 is 0. The van der Waals surface area contributed by atoms with E-state index in [1.807, 2.05) is 0 Å². The maximum Gasteiger partial charge on any atom is 0.208 e. The summed E-state index contributed by atoms with van der Waals surface area (Å²) in [6.45, 7) is 3.45. The van der Waals surface area contributed by atoms with Crippen molar-refractivity contribution in [2.45, 2.75) is 45.1 Å².